The third-order valence-corrected chi connectivity index (χ3v) is 7.11. The summed E-state index contributed by atoms with van der Waals surface area (Å²) in [5.74, 6) is 0.397. The first-order valence-corrected chi connectivity index (χ1v) is 12.9. The number of nitrogens with zero attached hydrogens (tertiary/aromatic N) is 2. The molecule has 2 unspecified atom stereocenters. The van der Waals surface area contributed by atoms with Crippen LogP contribution in [0.2, 0.25) is 0 Å². The van der Waals surface area contributed by atoms with Crippen LogP contribution in [0, 0.1) is 11.8 Å². The molecule has 0 saturated carbocycles. The van der Waals surface area contributed by atoms with Gasteiger partial charge in [-0.05, 0) is 77.5 Å². The minimum atomic E-state index is -0.641. The van der Waals surface area contributed by atoms with Crippen LogP contribution in [0.15, 0.2) is 30.5 Å². The molecule has 2 aliphatic heterocycles. The number of hydrogen-bond acceptors (Lipinski definition) is 7. The second-order valence-corrected chi connectivity index (χ2v) is 11.4. The number of carbonyl (C=O) groups is 1. The van der Waals surface area contributed by atoms with Crippen molar-refractivity contribution in [2.45, 2.75) is 77.5 Å². The molecule has 0 aliphatic carbocycles. The second kappa shape index (κ2) is 10.5. The lowest BCUT2D eigenvalue weighted by atomic mass is 9.78. The van der Waals surface area contributed by atoms with Gasteiger partial charge in [-0.1, -0.05) is 12.1 Å². The van der Waals surface area contributed by atoms with Crippen molar-refractivity contribution in [1.82, 2.24) is 9.88 Å². The van der Waals surface area contributed by atoms with E-state index in [4.69, 9.17) is 18.9 Å². The van der Waals surface area contributed by atoms with E-state index in [2.05, 4.69) is 4.98 Å². The normalized spacial score (nSPS) is 25.1. The second-order valence-electron chi connectivity index (χ2n) is 11.4. The number of fused-ring (bicyclic) bond motifs is 1. The molecule has 1 aromatic carbocycles. The van der Waals surface area contributed by atoms with E-state index >= 15 is 0 Å². The Labute approximate surface area is 213 Å². The molecule has 2 fully saturated rings. The molecule has 8 heteroatoms. The van der Waals surface area contributed by atoms with Crippen LogP contribution >= 0.6 is 0 Å². The van der Waals surface area contributed by atoms with Gasteiger partial charge < -0.3 is 29.0 Å². The van der Waals surface area contributed by atoms with E-state index in [1.807, 2.05) is 58.9 Å². The third-order valence-electron chi connectivity index (χ3n) is 7.11. The van der Waals surface area contributed by atoms with Crippen LogP contribution in [0.3, 0.4) is 0 Å². The fraction of sp³-hybridized carbons (Fsp3) is 0.643. The summed E-state index contributed by atoms with van der Waals surface area (Å²) in [5, 5.41) is 12.1. The first-order chi connectivity index (χ1) is 17.0. The number of amides is 1. The van der Waals surface area contributed by atoms with Gasteiger partial charge in [0.25, 0.3) is 0 Å². The zero-order valence-corrected chi connectivity index (χ0v) is 22.3. The van der Waals surface area contributed by atoms with Crippen molar-refractivity contribution < 1.29 is 28.8 Å². The Balaban J connectivity index is 1.48. The number of ether oxygens (including phenoxy) is 4. The maximum Gasteiger partial charge on any atom is 0.410 e. The highest BCUT2D eigenvalue weighted by molar-refractivity contribution is 5.83. The van der Waals surface area contributed by atoms with Gasteiger partial charge in [-0.2, -0.15) is 0 Å². The predicted octanol–water partition coefficient (Wildman–Crippen LogP) is 5.08. The Kier molecular flexibility index (Phi) is 7.78. The topological polar surface area (TPSA) is 90.4 Å². The van der Waals surface area contributed by atoms with Gasteiger partial charge in [-0.25, -0.2) is 4.79 Å². The highest BCUT2D eigenvalue weighted by Crippen LogP contribution is 2.39. The van der Waals surface area contributed by atoms with Crippen molar-refractivity contribution in [3.8, 4) is 5.75 Å². The molecule has 198 valence electrons. The standard InChI is InChI=1S/C28H40N2O6/c1-27(2,3)36-26(32)30-13-12-18(22(16-30)25-17-34-28(4,5)35-25)10-11-24(31)20-8-7-9-23-21(20)14-19(33-6)15-29-23/h7-9,14-15,18,22,24-25,31H,10-13,16-17H2,1-6H3/t18-,22+,24?,25?/m1/s1. The van der Waals surface area contributed by atoms with Gasteiger partial charge in [0.05, 0.1) is 37.6 Å². The Hall–Kier alpha value is -2.42. The van der Waals surface area contributed by atoms with Crippen molar-refractivity contribution in [3.05, 3.63) is 36.0 Å². The molecule has 4 rings (SSSR count). The van der Waals surface area contributed by atoms with E-state index in [1.165, 1.54) is 0 Å². The summed E-state index contributed by atoms with van der Waals surface area (Å²) in [6.07, 6.45) is 2.88. The molecule has 36 heavy (non-hydrogen) atoms. The Morgan fingerprint density at radius 2 is 2.11 bits per heavy atom. The molecule has 1 aromatic heterocycles. The van der Waals surface area contributed by atoms with Crippen LogP contribution in [0.1, 0.15) is 65.5 Å². The molecule has 2 saturated heterocycles. The molecule has 0 radical (unpaired) electrons. The molecular weight excluding hydrogens is 460 g/mol. The van der Waals surface area contributed by atoms with Gasteiger partial charge >= 0.3 is 6.09 Å². The molecular formula is C28H40N2O6. The summed E-state index contributed by atoms with van der Waals surface area (Å²) in [7, 11) is 1.61. The average Bonchev–Trinajstić information content (AvgIpc) is 3.20. The van der Waals surface area contributed by atoms with E-state index < -0.39 is 17.5 Å². The summed E-state index contributed by atoms with van der Waals surface area (Å²) < 4.78 is 23.1. The number of methoxy groups -OCH3 is 1. The fourth-order valence-corrected chi connectivity index (χ4v) is 5.31. The molecule has 2 aromatic rings. The van der Waals surface area contributed by atoms with E-state index in [1.54, 1.807) is 18.2 Å². The van der Waals surface area contributed by atoms with E-state index in [-0.39, 0.29) is 24.0 Å². The predicted molar refractivity (Wildman–Crippen MR) is 137 cm³/mol. The van der Waals surface area contributed by atoms with Crippen molar-refractivity contribution in [2.75, 3.05) is 26.8 Å². The number of aliphatic hydroxyl groups excluding tert-OH is 1. The zero-order chi connectivity index (χ0) is 26.1. The van der Waals surface area contributed by atoms with Gasteiger partial charge in [-0.3, -0.25) is 4.98 Å². The molecule has 0 spiro atoms. The van der Waals surface area contributed by atoms with Crippen LogP contribution in [0.25, 0.3) is 10.9 Å². The SMILES string of the molecule is COc1cnc2cccc(C(O)CC[C@@H]3CCN(C(=O)OC(C)(C)C)C[C@@H]3C3COC(C)(C)O3)c2c1. The first kappa shape index (κ1) is 26.6. The monoisotopic (exact) mass is 500 g/mol. The maximum atomic E-state index is 12.8. The Morgan fingerprint density at radius 1 is 1.33 bits per heavy atom. The molecule has 8 nitrogen and oxygen atoms in total. The van der Waals surface area contributed by atoms with Crippen molar-refractivity contribution in [1.29, 1.82) is 0 Å². The minimum Gasteiger partial charge on any atom is -0.495 e. The fourth-order valence-electron chi connectivity index (χ4n) is 5.31. The van der Waals surface area contributed by atoms with Gasteiger partial charge in [-0.15, -0.1) is 0 Å². The zero-order valence-electron chi connectivity index (χ0n) is 22.3. The van der Waals surface area contributed by atoms with Crippen LogP contribution in [-0.4, -0.2) is 65.4 Å². The Bertz CT molecular complexity index is 1070. The number of aromatic nitrogens is 1. The number of benzene rings is 1. The van der Waals surface area contributed by atoms with Crippen molar-refractivity contribution >= 4 is 17.0 Å². The molecule has 0 bridgehead atoms. The summed E-state index contributed by atoms with van der Waals surface area (Å²) in [5.41, 5.74) is 1.14. The number of carbonyl (C=O) groups excluding carboxylic acids is 1. The molecule has 3 heterocycles. The highest BCUT2D eigenvalue weighted by atomic mass is 16.7. The largest absolute Gasteiger partial charge is 0.495 e. The molecule has 4 atom stereocenters. The van der Waals surface area contributed by atoms with Crippen LogP contribution in [-0.2, 0) is 14.2 Å². The van der Waals surface area contributed by atoms with Crippen molar-refractivity contribution in [2.24, 2.45) is 11.8 Å². The molecule has 2 aliphatic rings. The number of rotatable bonds is 6. The third kappa shape index (κ3) is 6.28. The van der Waals surface area contributed by atoms with Crippen LogP contribution < -0.4 is 4.74 Å². The van der Waals surface area contributed by atoms with E-state index in [0.717, 1.165) is 29.3 Å². The summed E-state index contributed by atoms with van der Waals surface area (Å²) >= 11 is 0. The summed E-state index contributed by atoms with van der Waals surface area (Å²) in [6, 6.07) is 7.74. The number of piperidine rings is 1. The number of hydrogen-bond donors (Lipinski definition) is 1. The summed E-state index contributed by atoms with van der Waals surface area (Å²) in [6.45, 7) is 11.1. The minimum absolute atomic E-state index is 0.0921. The van der Waals surface area contributed by atoms with Gasteiger partial charge in [0.1, 0.15) is 11.4 Å². The first-order valence-electron chi connectivity index (χ1n) is 12.9. The van der Waals surface area contributed by atoms with Crippen LogP contribution in [0.4, 0.5) is 4.79 Å². The van der Waals surface area contributed by atoms with Crippen LogP contribution in [0.5, 0.6) is 5.75 Å². The average molecular weight is 501 g/mol. The van der Waals surface area contributed by atoms with Gasteiger partial charge in [0, 0.05) is 24.4 Å². The lowest BCUT2D eigenvalue weighted by molar-refractivity contribution is -0.150. The highest BCUT2D eigenvalue weighted by Gasteiger charge is 2.44. The van der Waals surface area contributed by atoms with E-state index in [0.29, 0.717) is 31.9 Å². The smallest absolute Gasteiger partial charge is 0.410 e. The molecule has 1 amide bonds. The van der Waals surface area contributed by atoms with Crippen molar-refractivity contribution in [3.63, 3.8) is 0 Å². The number of aliphatic hydroxyl groups is 1. The maximum absolute atomic E-state index is 12.8. The van der Waals surface area contributed by atoms with Gasteiger partial charge in [0.15, 0.2) is 5.79 Å². The lowest BCUT2D eigenvalue weighted by Gasteiger charge is -2.41. The molecule has 1 N–H and O–H groups in total. The lowest BCUT2D eigenvalue weighted by Crippen LogP contribution is -2.49. The number of likely N-dealkylation sites (tertiary alicyclic amines) is 1. The quantitative estimate of drug-likeness (QED) is 0.591. The number of pyridine rings is 1. The Morgan fingerprint density at radius 3 is 2.78 bits per heavy atom. The van der Waals surface area contributed by atoms with Gasteiger partial charge in [0.2, 0.25) is 0 Å². The summed E-state index contributed by atoms with van der Waals surface area (Å²) in [4.78, 5) is 19.1. The van der Waals surface area contributed by atoms with E-state index in [9.17, 15) is 9.90 Å².